The van der Waals surface area contributed by atoms with Crippen LogP contribution in [0.4, 0.5) is 0 Å². The molecule has 5 nitrogen and oxygen atoms in total. The van der Waals surface area contributed by atoms with Gasteiger partial charge in [0.25, 0.3) is 5.91 Å². The van der Waals surface area contributed by atoms with E-state index in [1.807, 2.05) is 24.0 Å². The molecule has 0 radical (unpaired) electrons. The summed E-state index contributed by atoms with van der Waals surface area (Å²) in [6.45, 7) is 8.26. The average molecular weight is 327 g/mol. The summed E-state index contributed by atoms with van der Waals surface area (Å²) in [5, 5.41) is 0. The van der Waals surface area contributed by atoms with Crippen LogP contribution >= 0.6 is 0 Å². The Hall–Kier alpha value is -2.14. The smallest absolute Gasteiger partial charge is 0.255 e. The van der Waals surface area contributed by atoms with E-state index in [1.165, 1.54) is 0 Å². The maximum absolute atomic E-state index is 12.7. The molecule has 1 saturated heterocycles. The normalized spacial score (nSPS) is 16.2. The van der Waals surface area contributed by atoms with E-state index in [0.717, 1.165) is 62.6 Å². The fourth-order valence-corrected chi connectivity index (χ4v) is 3.10. The topological polar surface area (TPSA) is 49.6 Å². The van der Waals surface area contributed by atoms with E-state index in [1.54, 1.807) is 12.4 Å². The second kappa shape index (κ2) is 7.62. The van der Waals surface area contributed by atoms with E-state index >= 15 is 0 Å². The third kappa shape index (κ3) is 4.03. The van der Waals surface area contributed by atoms with Crippen LogP contribution in [0.1, 0.15) is 40.8 Å². The van der Waals surface area contributed by atoms with Gasteiger partial charge in [0, 0.05) is 45.0 Å². The van der Waals surface area contributed by atoms with Crippen LogP contribution in [0.25, 0.3) is 0 Å². The molecule has 2 aromatic heterocycles. The third-order valence-electron chi connectivity index (χ3n) is 4.44. The van der Waals surface area contributed by atoms with Gasteiger partial charge in [-0.3, -0.25) is 14.7 Å². The molecule has 1 aliphatic rings. The standard InChI is InChI=1S/C19H25N3O2/c1-3-17-5-6-18(24-17)14-21-7-4-8-22(10-9-21)19(23)16-11-15(2)12-20-13-16/h5-6,11-13H,3-4,7-10,14H2,1-2H3. The highest BCUT2D eigenvalue weighted by Gasteiger charge is 2.21. The first-order valence-corrected chi connectivity index (χ1v) is 8.66. The Morgan fingerprint density at radius 2 is 2.00 bits per heavy atom. The van der Waals surface area contributed by atoms with Gasteiger partial charge < -0.3 is 9.32 Å². The van der Waals surface area contributed by atoms with Crippen LogP contribution in [0.2, 0.25) is 0 Å². The Bertz CT molecular complexity index is 695. The molecular formula is C19H25N3O2. The van der Waals surface area contributed by atoms with Gasteiger partial charge in [0.15, 0.2) is 0 Å². The molecule has 0 bridgehead atoms. The lowest BCUT2D eigenvalue weighted by Crippen LogP contribution is -2.35. The number of amides is 1. The van der Waals surface area contributed by atoms with Crippen molar-refractivity contribution < 1.29 is 9.21 Å². The van der Waals surface area contributed by atoms with Gasteiger partial charge in [-0.05, 0) is 37.1 Å². The predicted molar refractivity (Wildman–Crippen MR) is 92.9 cm³/mol. The number of hydrogen-bond acceptors (Lipinski definition) is 4. The maximum atomic E-state index is 12.7. The summed E-state index contributed by atoms with van der Waals surface area (Å²) in [5.74, 6) is 2.12. The molecule has 0 aliphatic carbocycles. The number of furan rings is 1. The first-order chi connectivity index (χ1) is 11.7. The lowest BCUT2D eigenvalue weighted by Gasteiger charge is -2.21. The fourth-order valence-electron chi connectivity index (χ4n) is 3.10. The van der Waals surface area contributed by atoms with Crippen LogP contribution in [0.5, 0.6) is 0 Å². The van der Waals surface area contributed by atoms with Crippen LogP contribution in [-0.2, 0) is 13.0 Å². The molecule has 5 heteroatoms. The van der Waals surface area contributed by atoms with Crippen molar-refractivity contribution in [3.05, 3.63) is 53.2 Å². The Balaban J connectivity index is 1.59. The molecule has 3 heterocycles. The van der Waals surface area contributed by atoms with Crippen molar-refractivity contribution in [2.75, 3.05) is 26.2 Å². The van der Waals surface area contributed by atoms with E-state index in [2.05, 4.69) is 22.9 Å². The van der Waals surface area contributed by atoms with Gasteiger partial charge in [0.2, 0.25) is 0 Å². The highest BCUT2D eigenvalue weighted by Crippen LogP contribution is 2.14. The van der Waals surface area contributed by atoms with Gasteiger partial charge in [-0.1, -0.05) is 6.92 Å². The second-order valence-corrected chi connectivity index (χ2v) is 6.39. The summed E-state index contributed by atoms with van der Waals surface area (Å²) in [6, 6.07) is 6.02. The van der Waals surface area contributed by atoms with Crippen molar-refractivity contribution in [1.29, 1.82) is 0 Å². The van der Waals surface area contributed by atoms with Crippen LogP contribution < -0.4 is 0 Å². The molecule has 1 amide bonds. The first kappa shape index (κ1) is 16.7. The van der Waals surface area contributed by atoms with Crippen molar-refractivity contribution in [3.63, 3.8) is 0 Å². The van der Waals surface area contributed by atoms with E-state index in [4.69, 9.17) is 4.42 Å². The molecule has 0 unspecified atom stereocenters. The Morgan fingerprint density at radius 1 is 1.17 bits per heavy atom. The summed E-state index contributed by atoms with van der Waals surface area (Å²) in [6.07, 6.45) is 5.33. The van der Waals surface area contributed by atoms with Gasteiger partial charge in [-0.25, -0.2) is 0 Å². The summed E-state index contributed by atoms with van der Waals surface area (Å²) in [4.78, 5) is 21.1. The molecule has 3 rings (SSSR count). The molecule has 128 valence electrons. The van der Waals surface area contributed by atoms with Crippen molar-refractivity contribution in [1.82, 2.24) is 14.8 Å². The van der Waals surface area contributed by atoms with Crippen molar-refractivity contribution in [2.24, 2.45) is 0 Å². The number of hydrogen-bond donors (Lipinski definition) is 0. The molecular weight excluding hydrogens is 302 g/mol. The summed E-state index contributed by atoms with van der Waals surface area (Å²) in [5.41, 5.74) is 1.70. The largest absolute Gasteiger partial charge is 0.465 e. The van der Waals surface area contributed by atoms with E-state index in [9.17, 15) is 4.79 Å². The number of aryl methyl sites for hydroxylation is 2. The number of nitrogens with zero attached hydrogens (tertiary/aromatic N) is 3. The highest BCUT2D eigenvalue weighted by atomic mass is 16.3. The minimum Gasteiger partial charge on any atom is -0.465 e. The molecule has 0 spiro atoms. The predicted octanol–water partition coefficient (Wildman–Crippen LogP) is 2.89. The van der Waals surface area contributed by atoms with Crippen LogP contribution in [0.15, 0.2) is 35.0 Å². The maximum Gasteiger partial charge on any atom is 0.255 e. The van der Waals surface area contributed by atoms with E-state index in [0.29, 0.717) is 5.56 Å². The summed E-state index contributed by atoms with van der Waals surface area (Å²) < 4.78 is 5.80. The Kier molecular flexibility index (Phi) is 5.30. The first-order valence-electron chi connectivity index (χ1n) is 8.66. The number of aromatic nitrogens is 1. The lowest BCUT2D eigenvalue weighted by molar-refractivity contribution is 0.0760. The summed E-state index contributed by atoms with van der Waals surface area (Å²) in [7, 11) is 0. The van der Waals surface area contributed by atoms with Gasteiger partial charge in [-0.15, -0.1) is 0 Å². The molecule has 1 fully saturated rings. The van der Waals surface area contributed by atoms with Crippen molar-refractivity contribution in [3.8, 4) is 0 Å². The van der Waals surface area contributed by atoms with Crippen molar-refractivity contribution in [2.45, 2.75) is 33.2 Å². The molecule has 1 aliphatic heterocycles. The van der Waals surface area contributed by atoms with Gasteiger partial charge >= 0.3 is 0 Å². The molecule has 24 heavy (non-hydrogen) atoms. The minimum absolute atomic E-state index is 0.0827. The zero-order chi connectivity index (χ0) is 16.9. The SMILES string of the molecule is CCc1ccc(CN2CCCN(C(=O)c3cncc(C)c3)CC2)o1. The highest BCUT2D eigenvalue weighted by molar-refractivity contribution is 5.94. The van der Waals surface area contributed by atoms with Gasteiger partial charge in [0.05, 0.1) is 12.1 Å². The molecule has 0 aromatic carbocycles. The third-order valence-corrected chi connectivity index (χ3v) is 4.44. The Morgan fingerprint density at radius 3 is 2.75 bits per heavy atom. The van der Waals surface area contributed by atoms with Crippen molar-refractivity contribution >= 4 is 5.91 Å². The minimum atomic E-state index is 0.0827. The van der Waals surface area contributed by atoms with Gasteiger partial charge in [-0.2, -0.15) is 0 Å². The quantitative estimate of drug-likeness (QED) is 0.866. The van der Waals surface area contributed by atoms with Gasteiger partial charge in [0.1, 0.15) is 11.5 Å². The van der Waals surface area contributed by atoms with Crippen LogP contribution in [0.3, 0.4) is 0 Å². The zero-order valence-electron chi connectivity index (χ0n) is 14.5. The van der Waals surface area contributed by atoms with Crippen LogP contribution in [0, 0.1) is 6.92 Å². The summed E-state index contributed by atoms with van der Waals surface area (Å²) >= 11 is 0. The molecule has 0 atom stereocenters. The number of pyridine rings is 1. The molecule has 0 saturated carbocycles. The lowest BCUT2D eigenvalue weighted by atomic mass is 10.2. The van der Waals surface area contributed by atoms with E-state index < -0.39 is 0 Å². The average Bonchev–Trinajstić information content (AvgIpc) is 2.91. The second-order valence-electron chi connectivity index (χ2n) is 6.39. The molecule has 0 N–H and O–H groups in total. The monoisotopic (exact) mass is 327 g/mol. The molecule has 2 aromatic rings. The number of carbonyl (C=O) groups excluding carboxylic acids is 1. The van der Waals surface area contributed by atoms with E-state index in [-0.39, 0.29) is 5.91 Å². The number of rotatable bonds is 4. The number of carbonyl (C=O) groups is 1. The Labute approximate surface area is 143 Å². The zero-order valence-corrected chi connectivity index (χ0v) is 14.5. The fraction of sp³-hybridized carbons (Fsp3) is 0.474. The van der Waals surface area contributed by atoms with Crippen LogP contribution in [-0.4, -0.2) is 46.9 Å².